The Labute approximate surface area is 135 Å². The molecule has 0 saturated heterocycles. The van der Waals surface area contributed by atoms with Gasteiger partial charge in [-0.2, -0.15) is 0 Å². The van der Waals surface area contributed by atoms with E-state index in [0.717, 1.165) is 43.1 Å². The van der Waals surface area contributed by atoms with Crippen LogP contribution in [0.5, 0.6) is 0 Å². The van der Waals surface area contributed by atoms with E-state index in [1.165, 1.54) is 12.1 Å². The van der Waals surface area contributed by atoms with Crippen molar-refractivity contribution in [1.29, 1.82) is 0 Å². The van der Waals surface area contributed by atoms with E-state index < -0.39 is 0 Å². The zero-order valence-electron chi connectivity index (χ0n) is 11.9. The van der Waals surface area contributed by atoms with Gasteiger partial charge in [0, 0.05) is 15.4 Å². The molecular formula is C19H12BrFO. The predicted molar refractivity (Wildman–Crippen MR) is 91.6 cm³/mol. The number of furan rings is 1. The maximum Gasteiger partial charge on any atom is 0.135 e. The van der Waals surface area contributed by atoms with Gasteiger partial charge in [-0.3, -0.25) is 0 Å². The quantitative estimate of drug-likeness (QED) is 0.382. The Morgan fingerprint density at radius 1 is 0.955 bits per heavy atom. The summed E-state index contributed by atoms with van der Waals surface area (Å²) < 4.78 is 20.2. The van der Waals surface area contributed by atoms with Crippen LogP contribution in [0.1, 0.15) is 5.76 Å². The molecule has 0 aliphatic heterocycles. The van der Waals surface area contributed by atoms with Crippen LogP contribution >= 0.6 is 15.9 Å². The number of hydrogen-bond acceptors (Lipinski definition) is 1. The van der Waals surface area contributed by atoms with Crippen molar-refractivity contribution in [2.75, 3.05) is 0 Å². The third-order valence-corrected chi connectivity index (χ3v) is 4.43. The lowest BCUT2D eigenvalue weighted by atomic mass is 9.98. The second-order valence-corrected chi connectivity index (χ2v) is 6.26. The van der Waals surface area contributed by atoms with Crippen molar-refractivity contribution in [1.82, 2.24) is 0 Å². The number of halogens is 2. The van der Waals surface area contributed by atoms with E-state index in [9.17, 15) is 4.39 Å². The number of aryl methyl sites for hydroxylation is 1. The van der Waals surface area contributed by atoms with Crippen molar-refractivity contribution >= 4 is 37.7 Å². The molecule has 0 bridgehead atoms. The molecule has 0 N–H and O–H groups in total. The number of rotatable bonds is 1. The molecule has 0 unspecified atom stereocenters. The summed E-state index contributed by atoms with van der Waals surface area (Å²) in [6.45, 7) is 1.95. The van der Waals surface area contributed by atoms with E-state index in [1.807, 2.05) is 19.1 Å². The van der Waals surface area contributed by atoms with Gasteiger partial charge in [0.1, 0.15) is 17.2 Å². The van der Waals surface area contributed by atoms with Gasteiger partial charge in [-0.1, -0.05) is 40.2 Å². The van der Waals surface area contributed by atoms with Gasteiger partial charge < -0.3 is 4.42 Å². The van der Waals surface area contributed by atoms with Gasteiger partial charge in [-0.15, -0.1) is 0 Å². The third kappa shape index (κ3) is 2.04. The monoisotopic (exact) mass is 354 g/mol. The Morgan fingerprint density at radius 2 is 1.73 bits per heavy atom. The Kier molecular flexibility index (Phi) is 3.05. The maximum atomic E-state index is 13.2. The highest BCUT2D eigenvalue weighted by molar-refractivity contribution is 9.10. The van der Waals surface area contributed by atoms with E-state index in [-0.39, 0.29) is 5.82 Å². The minimum absolute atomic E-state index is 0.233. The predicted octanol–water partition coefficient (Wildman–Crippen LogP) is 6.46. The summed E-state index contributed by atoms with van der Waals surface area (Å²) in [5, 5.41) is 3.36. The molecule has 108 valence electrons. The van der Waals surface area contributed by atoms with Crippen LogP contribution in [0.2, 0.25) is 0 Å². The average molecular weight is 355 g/mol. The fraction of sp³-hybridized carbons (Fsp3) is 0.0526. The summed E-state index contributed by atoms with van der Waals surface area (Å²) in [4.78, 5) is 0. The van der Waals surface area contributed by atoms with Crippen molar-refractivity contribution in [2.24, 2.45) is 0 Å². The highest BCUT2D eigenvalue weighted by Crippen LogP contribution is 2.39. The zero-order chi connectivity index (χ0) is 15.3. The fourth-order valence-electron chi connectivity index (χ4n) is 2.98. The van der Waals surface area contributed by atoms with E-state index in [1.54, 1.807) is 12.1 Å². The van der Waals surface area contributed by atoms with Gasteiger partial charge in [0.05, 0.1) is 0 Å². The number of fused-ring (bicyclic) bond motifs is 3. The van der Waals surface area contributed by atoms with Gasteiger partial charge >= 0.3 is 0 Å². The molecule has 1 aromatic heterocycles. The average Bonchev–Trinajstić information content (AvgIpc) is 2.84. The first-order valence-corrected chi connectivity index (χ1v) is 7.80. The molecule has 1 heterocycles. The molecule has 0 aliphatic rings. The lowest BCUT2D eigenvalue weighted by Crippen LogP contribution is -1.82. The molecule has 1 nitrogen and oxygen atoms in total. The van der Waals surface area contributed by atoms with E-state index in [4.69, 9.17) is 4.42 Å². The Hall–Kier alpha value is -2.13. The first kappa shape index (κ1) is 13.5. The molecule has 0 radical (unpaired) electrons. The molecule has 4 aromatic rings. The topological polar surface area (TPSA) is 13.1 Å². The van der Waals surface area contributed by atoms with Gasteiger partial charge in [0.25, 0.3) is 0 Å². The number of hydrogen-bond donors (Lipinski definition) is 0. The Balaban J connectivity index is 2.13. The molecule has 0 atom stereocenters. The summed E-state index contributed by atoms with van der Waals surface area (Å²) >= 11 is 3.51. The first-order chi connectivity index (χ1) is 10.6. The summed E-state index contributed by atoms with van der Waals surface area (Å²) in [7, 11) is 0. The molecule has 0 fully saturated rings. The van der Waals surface area contributed by atoms with Crippen molar-refractivity contribution in [3.63, 3.8) is 0 Å². The minimum atomic E-state index is -0.233. The van der Waals surface area contributed by atoms with Crippen LogP contribution in [0.3, 0.4) is 0 Å². The van der Waals surface area contributed by atoms with Gasteiger partial charge in [0.2, 0.25) is 0 Å². The van der Waals surface area contributed by atoms with Crippen LogP contribution in [0, 0.1) is 12.7 Å². The van der Waals surface area contributed by atoms with Crippen LogP contribution in [0.15, 0.2) is 63.5 Å². The van der Waals surface area contributed by atoms with Gasteiger partial charge in [0.15, 0.2) is 0 Å². The van der Waals surface area contributed by atoms with Gasteiger partial charge in [-0.05, 0) is 53.6 Å². The lowest BCUT2D eigenvalue weighted by Gasteiger charge is -2.04. The van der Waals surface area contributed by atoms with Crippen LogP contribution in [0.25, 0.3) is 32.9 Å². The Morgan fingerprint density at radius 3 is 2.50 bits per heavy atom. The minimum Gasteiger partial charge on any atom is -0.461 e. The molecule has 0 amide bonds. The standard InChI is InChI=1S/C19H12BrFO/c1-11-18(12-2-6-15(21)7-3-12)19-16-8-5-14(20)10-13(16)4-9-17(19)22-11/h2-10H,1H3. The summed E-state index contributed by atoms with van der Waals surface area (Å²) in [5.41, 5.74) is 2.85. The maximum absolute atomic E-state index is 13.2. The molecule has 3 aromatic carbocycles. The largest absolute Gasteiger partial charge is 0.461 e. The van der Waals surface area contributed by atoms with Crippen molar-refractivity contribution in [2.45, 2.75) is 6.92 Å². The van der Waals surface area contributed by atoms with E-state index in [0.29, 0.717) is 0 Å². The molecular weight excluding hydrogens is 343 g/mol. The van der Waals surface area contributed by atoms with E-state index in [2.05, 4.69) is 34.1 Å². The highest BCUT2D eigenvalue weighted by atomic mass is 79.9. The SMILES string of the molecule is Cc1oc2ccc3cc(Br)ccc3c2c1-c1ccc(F)cc1. The van der Waals surface area contributed by atoms with Gasteiger partial charge in [-0.25, -0.2) is 4.39 Å². The van der Waals surface area contributed by atoms with Crippen LogP contribution < -0.4 is 0 Å². The molecule has 0 saturated carbocycles. The van der Waals surface area contributed by atoms with Crippen molar-refractivity contribution < 1.29 is 8.81 Å². The number of benzene rings is 3. The first-order valence-electron chi connectivity index (χ1n) is 7.01. The van der Waals surface area contributed by atoms with Crippen molar-refractivity contribution in [3.05, 3.63) is 70.6 Å². The Bertz CT molecular complexity index is 999. The fourth-order valence-corrected chi connectivity index (χ4v) is 3.36. The smallest absolute Gasteiger partial charge is 0.135 e. The second-order valence-electron chi connectivity index (χ2n) is 5.34. The highest BCUT2D eigenvalue weighted by Gasteiger charge is 2.15. The molecule has 3 heteroatoms. The lowest BCUT2D eigenvalue weighted by molar-refractivity contribution is 0.580. The van der Waals surface area contributed by atoms with Crippen LogP contribution in [-0.2, 0) is 0 Å². The summed E-state index contributed by atoms with van der Waals surface area (Å²) in [6.07, 6.45) is 0. The van der Waals surface area contributed by atoms with Crippen molar-refractivity contribution in [3.8, 4) is 11.1 Å². The normalized spacial score (nSPS) is 11.4. The molecule has 22 heavy (non-hydrogen) atoms. The van der Waals surface area contributed by atoms with E-state index >= 15 is 0 Å². The zero-order valence-corrected chi connectivity index (χ0v) is 13.4. The third-order valence-electron chi connectivity index (χ3n) is 3.94. The van der Waals surface area contributed by atoms with Crippen LogP contribution in [-0.4, -0.2) is 0 Å². The summed E-state index contributed by atoms with van der Waals surface area (Å²) in [5.74, 6) is 0.611. The summed E-state index contributed by atoms with van der Waals surface area (Å²) in [6, 6.07) is 16.8. The molecule has 0 aliphatic carbocycles. The molecule has 4 rings (SSSR count). The second kappa shape index (κ2) is 4.96. The molecule has 0 spiro atoms. The van der Waals surface area contributed by atoms with Crippen LogP contribution in [0.4, 0.5) is 4.39 Å².